The number of furan rings is 2. The first kappa shape index (κ1) is 20.1. The van der Waals surface area contributed by atoms with Crippen LogP contribution in [0, 0.1) is 10.1 Å². The molecule has 0 saturated carbocycles. The number of hydrogen-bond donors (Lipinski definition) is 2. The predicted octanol–water partition coefficient (Wildman–Crippen LogP) is 3.63. The van der Waals surface area contributed by atoms with Crippen molar-refractivity contribution in [2.45, 2.75) is 6.54 Å². The van der Waals surface area contributed by atoms with Crippen molar-refractivity contribution in [3.05, 3.63) is 92.4 Å². The minimum absolute atomic E-state index is 0.0133. The molecular formula is C19H14BrN3O6. The number of non-ortho nitro benzene ring substituents is 1. The van der Waals surface area contributed by atoms with Gasteiger partial charge in [-0.2, -0.15) is 0 Å². The van der Waals surface area contributed by atoms with Crippen LogP contribution in [0.4, 0.5) is 5.69 Å². The van der Waals surface area contributed by atoms with Crippen molar-refractivity contribution in [3.63, 3.8) is 0 Å². The van der Waals surface area contributed by atoms with Crippen molar-refractivity contribution < 1.29 is 23.3 Å². The lowest BCUT2D eigenvalue weighted by atomic mass is 10.1. The number of benzene rings is 1. The summed E-state index contributed by atoms with van der Waals surface area (Å²) >= 11 is 3.10. The monoisotopic (exact) mass is 459 g/mol. The molecule has 2 amide bonds. The topological polar surface area (TPSA) is 128 Å². The second-order valence-corrected chi connectivity index (χ2v) is 6.51. The maximum absolute atomic E-state index is 12.6. The molecule has 1 aromatic carbocycles. The van der Waals surface area contributed by atoms with Gasteiger partial charge >= 0.3 is 0 Å². The normalized spacial score (nSPS) is 11.1. The van der Waals surface area contributed by atoms with Crippen molar-refractivity contribution in [3.8, 4) is 0 Å². The third kappa shape index (κ3) is 5.42. The average Bonchev–Trinajstić information content (AvgIpc) is 3.37. The van der Waals surface area contributed by atoms with Crippen LogP contribution in [0.15, 0.2) is 74.0 Å². The zero-order valence-corrected chi connectivity index (χ0v) is 16.3. The van der Waals surface area contributed by atoms with E-state index >= 15 is 0 Å². The largest absolute Gasteiger partial charge is 0.467 e. The highest BCUT2D eigenvalue weighted by Gasteiger charge is 2.18. The van der Waals surface area contributed by atoms with E-state index < -0.39 is 16.7 Å². The second kappa shape index (κ2) is 9.02. The fourth-order valence-corrected chi connectivity index (χ4v) is 2.66. The minimum atomic E-state index is -0.652. The minimum Gasteiger partial charge on any atom is -0.467 e. The zero-order valence-electron chi connectivity index (χ0n) is 14.8. The molecule has 148 valence electrons. The third-order valence-corrected chi connectivity index (χ3v) is 4.11. The lowest BCUT2D eigenvalue weighted by Crippen LogP contribution is -2.34. The summed E-state index contributed by atoms with van der Waals surface area (Å²) in [6.45, 7) is 0.0975. The molecule has 0 fully saturated rings. The van der Waals surface area contributed by atoms with Crippen LogP contribution in [0.5, 0.6) is 0 Å². The molecule has 0 atom stereocenters. The Morgan fingerprint density at radius 3 is 2.66 bits per heavy atom. The van der Waals surface area contributed by atoms with E-state index in [2.05, 4.69) is 26.6 Å². The van der Waals surface area contributed by atoms with E-state index in [4.69, 9.17) is 8.83 Å². The first-order valence-electron chi connectivity index (χ1n) is 8.26. The van der Waals surface area contributed by atoms with Crippen LogP contribution < -0.4 is 10.6 Å². The smallest absolute Gasteiger partial charge is 0.291 e. The fourth-order valence-electron chi connectivity index (χ4n) is 2.35. The van der Waals surface area contributed by atoms with Gasteiger partial charge in [0.1, 0.15) is 11.5 Å². The number of rotatable bonds is 7. The van der Waals surface area contributed by atoms with Gasteiger partial charge in [-0.15, -0.1) is 0 Å². The van der Waals surface area contributed by atoms with Crippen LogP contribution in [0.1, 0.15) is 21.9 Å². The van der Waals surface area contributed by atoms with Crippen molar-refractivity contribution in [2.24, 2.45) is 0 Å². The maximum Gasteiger partial charge on any atom is 0.291 e. The molecule has 2 N–H and O–H groups in total. The number of halogens is 1. The number of nitro benzene ring substituents is 1. The van der Waals surface area contributed by atoms with E-state index in [1.807, 2.05) is 0 Å². The molecule has 2 aromatic heterocycles. The van der Waals surface area contributed by atoms with Gasteiger partial charge in [0, 0.05) is 12.1 Å². The molecule has 29 heavy (non-hydrogen) atoms. The Hall–Kier alpha value is -3.66. The summed E-state index contributed by atoms with van der Waals surface area (Å²) in [7, 11) is 0. The van der Waals surface area contributed by atoms with Crippen LogP contribution >= 0.6 is 15.9 Å². The molecule has 2 heterocycles. The summed E-state index contributed by atoms with van der Waals surface area (Å²) in [6.07, 6.45) is 2.80. The molecule has 9 nitrogen and oxygen atoms in total. The molecular weight excluding hydrogens is 446 g/mol. The molecule has 0 radical (unpaired) electrons. The van der Waals surface area contributed by atoms with Gasteiger partial charge in [0.25, 0.3) is 17.5 Å². The molecule has 0 bridgehead atoms. The molecule has 0 unspecified atom stereocenters. The summed E-state index contributed by atoms with van der Waals surface area (Å²) in [6, 6.07) is 12.0. The second-order valence-electron chi connectivity index (χ2n) is 5.73. The Bertz CT molecular complexity index is 1070. The molecule has 3 aromatic rings. The standard InChI is InChI=1S/C19H14BrN3O6/c20-17-7-6-16(29-17)19(25)22-15(18(24)21-11-14-5-2-8-28-14)10-12-3-1-4-13(9-12)23(26)27/h1-10H,11H2,(H,21,24)(H,22,25)/b15-10-. The number of nitro groups is 1. The van der Waals surface area contributed by atoms with Crippen molar-refractivity contribution in [2.75, 3.05) is 0 Å². The first-order chi connectivity index (χ1) is 13.9. The summed E-state index contributed by atoms with van der Waals surface area (Å²) in [5.74, 6) is -0.748. The highest BCUT2D eigenvalue weighted by atomic mass is 79.9. The lowest BCUT2D eigenvalue weighted by molar-refractivity contribution is -0.384. The Morgan fingerprint density at radius 2 is 2.00 bits per heavy atom. The van der Waals surface area contributed by atoms with Gasteiger partial charge in [-0.1, -0.05) is 12.1 Å². The quantitative estimate of drug-likeness (QED) is 0.315. The number of amides is 2. The Labute approximate surface area is 172 Å². The van der Waals surface area contributed by atoms with Crippen molar-refractivity contribution in [1.29, 1.82) is 0 Å². The molecule has 10 heteroatoms. The summed E-state index contributed by atoms with van der Waals surface area (Å²) in [4.78, 5) is 35.5. The van der Waals surface area contributed by atoms with Gasteiger partial charge in [-0.3, -0.25) is 19.7 Å². The highest BCUT2D eigenvalue weighted by Crippen LogP contribution is 2.17. The number of nitrogens with zero attached hydrogens (tertiary/aromatic N) is 1. The van der Waals surface area contributed by atoms with Crippen LogP contribution in [0.3, 0.4) is 0 Å². The van der Waals surface area contributed by atoms with Crippen LogP contribution in [-0.2, 0) is 11.3 Å². The van der Waals surface area contributed by atoms with E-state index in [-0.39, 0.29) is 23.7 Å². The van der Waals surface area contributed by atoms with Gasteiger partial charge in [-0.25, -0.2) is 0 Å². The summed E-state index contributed by atoms with van der Waals surface area (Å²) in [5.41, 5.74) is 0.105. The molecule has 0 spiro atoms. The zero-order chi connectivity index (χ0) is 20.8. The van der Waals surface area contributed by atoms with E-state index in [0.29, 0.717) is 16.0 Å². The number of nitrogens with one attached hydrogen (secondary N) is 2. The Morgan fingerprint density at radius 1 is 1.17 bits per heavy atom. The Balaban J connectivity index is 1.85. The maximum atomic E-state index is 12.6. The van der Waals surface area contributed by atoms with Crippen LogP contribution in [-0.4, -0.2) is 16.7 Å². The molecule has 0 aliphatic rings. The van der Waals surface area contributed by atoms with Gasteiger partial charge in [0.05, 0.1) is 17.7 Å². The fraction of sp³-hybridized carbons (Fsp3) is 0.0526. The summed E-state index contributed by atoms with van der Waals surface area (Å²) in [5, 5.41) is 16.1. The number of hydrogen-bond acceptors (Lipinski definition) is 6. The van der Waals surface area contributed by atoms with Gasteiger partial charge in [0.2, 0.25) is 0 Å². The van der Waals surface area contributed by atoms with Crippen molar-refractivity contribution in [1.82, 2.24) is 10.6 Å². The van der Waals surface area contributed by atoms with E-state index in [1.165, 1.54) is 42.7 Å². The molecule has 3 rings (SSSR count). The molecule has 0 aliphatic carbocycles. The lowest BCUT2D eigenvalue weighted by Gasteiger charge is -2.09. The summed E-state index contributed by atoms with van der Waals surface area (Å²) < 4.78 is 10.7. The van der Waals surface area contributed by atoms with E-state index in [9.17, 15) is 19.7 Å². The van der Waals surface area contributed by atoms with Crippen LogP contribution in [0.25, 0.3) is 6.08 Å². The highest BCUT2D eigenvalue weighted by molar-refractivity contribution is 9.10. The SMILES string of the molecule is O=C(NCc1ccco1)/C(=C/c1cccc([N+](=O)[O-])c1)NC(=O)c1ccc(Br)o1. The van der Waals surface area contributed by atoms with Crippen LogP contribution in [0.2, 0.25) is 0 Å². The van der Waals surface area contributed by atoms with E-state index in [0.717, 1.165) is 0 Å². The Kier molecular flexibility index (Phi) is 6.25. The predicted molar refractivity (Wildman–Crippen MR) is 106 cm³/mol. The number of carbonyl (C=O) groups excluding carboxylic acids is 2. The van der Waals surface area contributed by atoms with Gasteiger partial charge in [0.15, 0.2) is 10.4 Å². The first-order valence-corrected chi connectivity index (χ1v) is 9.05. The van der Waals surface area contributed by atoms with Crippen molar-refractivity contribution >= 4 is 39.5 Å². The number of carbonyl (C=O) groups is 2. The third-order valence-electron chi connectivity index (χ3n) is 3.69. The van der Waals surface area contributed by atoms with Gasteiger partial charge in [-0.05, 0) is 51.8 Å². The molecule has 0 saturated heterocycles. The average molecular weight is 460 g/mol. The van der Waals surface area contributed by atoms with Gasteiger partial charge < -0.3 is 19.5 Å². The molecule has 0 aliphatic heterocycles. The van der Waals surface area contributed by atoms with E-state index in [1.54, 1.807) is 18.2 Å².